The van der Waals surface area contributed by atoms with Gasteiger partial charge in [0.15, 0.2) is 11.6 Å². The summed E-state index contributed by atoms with van der Waals surface area (Å²) in [5, 5.41) is 3.34. The number of hydrogen-bond acceptors (Lipinski definition) is 2. The van der Waals surface area contributed by atoms with E-state index in [0.29, 0.717) is 11.6 Å². The van der Waals surface area contributed by atoms with Gasteiger partial charge in [-0.15, -0.1) is 0 Å². The second kappa shape index (κ2) is 6.68. The second-order valence-corrected chi connectivity index (χ2v) is 4.76. The zero-order valence-corrected chi connectivity index (χ0v) is 11.7. The summed E-state index contributed by atoms with van der Waals surface area (Å²) in [5.41, 5.74) is 1.10. The molecule has 0 saturated heterocycles. The van der Waals surface area contributed by atoms with Crippen molar-refractivity contribution in [1.82, 2.24) is 5.32 Å². The van der Waals surface area contributed by atoms with Crippen molar-refractivity contribution < 1.29 is 13.5 Å². The molecule has 5 heteroatoms. The fraction of sp³-hybridized carbons (Fsp3) is 0.200. The van der Waals surface area contributed by atoms with Crippen LogP contribution < -0.4 is 10.1 Å². The van der Waals surface area contributed by atoms with Crippen molar-refractivity contribution in [3.8, 4) is 5.75 Å². The molecule has 20 heavy (non-hydrogen) atoms. The highest BCUT2D eigenvalue weighted by Crippen LogP contribution is 2.21. The van der Waals surface area contributed by atoms with Crippen LogP contribution in [0.4, 0.5) is 8.78 Å². The molecule has 2 nitrogen and oxygen atoms in total. The summed E-state index contributed by atoms with van der Waals surface area (Å²) >= 11 is 5.78. The molecule has 0 fully saturated rings. The Bertz CT molecular complexity index is 604. The monoisotopic (exact) mass is 297 g/mol. The number of halogens is 3. The van der Waals surface area contributed by atoms with Crippen LogP contribution in [0.3, 0.4) is 0 Å². The summed E-state index contributed by atoms with van der Waals surface area (Å²) in [4.78, 5) is 0. The van der Waals surface area contributed by atoms with Gasteiger partial charge in [0.05, 0.1) is 0 Å². The van der Waals surface area contributed by atoms with Gasteiger partial charge in [-0.05, 0) is 42.9 Å². The van der Waals surface area contributed by atoms with E-state index in [4.69, 9.17) is 16.3 Å². The van der Waals surface area contributed by atoms with Gasteiger partial charge in [-0.1, -0.05) is 17.7 Å². The first kappa shape index (κ1) is 14.8. The van der Waals surface area contributed by atoms with E-state index in [0.717, 1.165) is 5.56 Å². The topological polar surface area (TPSA) is 21.3 Å². The Hall–Kier alpha value is -1.65. The molecule has 0 aliphatic heterocycles. The molecule has 0 aromatic heterocycles. The van der Waals surface area contributed by atoms with Crippen LogP contribution in [0.15, 0.2) is 36.4 Å². The van der Waals surface area contributed by atoms with Crippen LogP contribution in [0.2, 0.25) is 5.02 Å². The van der Waals surface area contributed by atoms with Gasteiger partial charge in [0.25, 0.3) is 0 Å². The molecule has 0 atom stereocenters. The van der Waals surface area contributed by atoms with E-state index < -0.39 is 11.6 Å². The van der Waals surface area contributed by atoms with Crippen molar-refractivity contribution >= 4 is 11.6 Å². The van der Waals surface area contributed by atoms with Crippen LogP contribution >= 0.6 is 11.6 Å². The molecule has 0 amide bonds. The van der Waals surface area contributed by atoms with Crippen LogP contribution in [0.1, 0.15) is 11.1 Å². The Morgan fingerprint density at radius 3 is 2.60 bits per heavy atom. The Morgan fingerprint density at radius 1 is 1.10 bits per heavy atom. The van der Waals surface area contributed by atoms with E-state index in [1.807, 2.05) is 0 Å². The molecule has 0 saturated carbocycles. The Morgan fingerprint density at radius 2 is 1.90 bits per heavy atom. The van der Waals surface area contributed by atoms with Crippen molar-refractivity contribution in [1.29, 1.82) is 0 Å². The molecule has 2 rings (SSSR count). The van der Waals surface area contributed by atoms with Crippen LogP contribution in [0.5, 0.6) is 5.75 Å². The van der Waals surface area contributed by atoms with E-state index in [2.05, 4.69) is 5.32 Å². The molecule has 0 spiro atoms. The van der Waals surface area contributed by atoms with E-state index >= 15 is 0 Å². The fourth-order valence-corrected chi connectivity index (χ4v) is 1.98. The molecule has 0 unspecified atom stereocenters. The smallest absolute Gasteiger partial charge is 0.165 e. The molecular formula is C15H14ClF2NO. The standard InChI is InChI=1S/C15H14ClF2NO/c1-19-8-10-2-5-15(14(18)6-10)20-9-11-7-12(16)3-4-13(11)17/h2-7,19H,8-9H2,1H3. The van der Waals surface area contributed by atoms with E-state index in [9.17, 15) is 8.78 Å². The quantitative estimate of drug-likeness (QED) is 0.903. The molecule has 0 aliphatic carbocycles. The van der Waals surface area contributed by atoms with Crippen molar-refractivity contribution in [3.05, 3.63) is 64.2 Å². The van der Waals surface area contributed by atoms with Crippen molar-refractivity contribution in [3.63, 3.8) is 0 Å². The maximum atomic E-state index is 13.8. The molecular weight excluding hydrogens is 284 g/mol. The van der Waals surface area contributed by atoms with Gasteiger partial charge in [-0.2, -0.15) is 0 Å². The normalized spacial score (nSPS) is 10.6. The Labute approximate surface area is 121 Å². The molecule has 1 N–H and O–H groups in total. The lowest BCUT2D eigenvalue weighted by Crippen LogP contribution is -2.06. The number of nitrogens with one attached hydrogen (secondary N) is 1. The zero-order chi connectivity index (χ0) is 14.5. The third-order valence-electron chi connectivity index (χ3n) is 2.77. The van der Waals surface area contributed by atoms with Gasteiger partial charge in [-0.25, -0.2) is 8.78 Å². The SMILES string of the molecule is CNCc1ccc(OCc2cc(Cl)ccc2F)c(F)c1. The molecule has 0 bridgehead atoms. The van der Waals surface area contributed by atoms with Gasteiger partial charge in [0, 0.05) is 17.1 Å². The largest absolute Gasteiger partial charge is 0.486 e. The fourth-order valence-electron chi connectivity index (χ4n) is 1.78. The lowest BCUT2D eigenvalue weighted by atomic mass is 10.2. The third kappa shape index (κ3) is 3.68. The minimum absolute atomic E-state index is 0.0747. The highest BCUT2D eigenvalue weighted by atomic mass is 35.5. The number of benzene rings is 2. The maximum Gasteiger partial charge on any atom is 0.165 e. The summed E-state index contributed by atoms with van der Waals surface area (Å²) in [6.07, 6.45) is 0. The van der Waals surface area contributed by atoms with Gasteiger partial charge in [-0.3, -0.25) is 0 Å². The van der Waals surface area contributed by atoms with Gasteiger partial charge in [0.2, 0.25) is 0 Å². The molecule has 106 valence electrons. The molecule has 0 radical (unpaired) electrons. The molecule has 0 aliphatic rings. The number of ether oxygens (including phenoxy) is 1. The summed E-state index contributed by atoms with van der Waals surface area (Å²) in [6, 6.07) is 8.85. The van der Waals surface area contributed by atoms with Crippen molar-refractivity contribution in [2.45, 2.75) is 13.2 Å². The van der Waals surface area contributed by atoms with Crippen molar-refractivity contribution in [2.24, 2.45) is 0 Å². The van der Waals surface area contributed by atoms with Gasteiger partial charge in [0.1, 0.15) is 12.4 Å². The van der Waals surface area contributed by atoms with Crippen LogP contribution in [-0.2, 0) is 13.2 Å². The third-order valence-corrected chi connectivity index (χ3v) is 3.00. The highest BCUT2D eigenvalue weighted by molar-refractivity contribution is 6.30. The second-order valence-electron chi connectivity index (χ2n) is 4.32. The minimum atomic E-state index is -0.472. The first-order chi connectivity index (χ1) is 9.60. The molecule has 2 aromatic rings. The average Bonchev–Trinajstić information content (AvgIpc) is 2.42. The summed E-state index contributed by atoms with van der Waals surface area (Å²) in [5.74, 6) is -0.814. The van der Waals surface area contributed by atoms with Crippen molar-refractivity contribution in [2.75, 3.05) is 7.05 Å². The maximum absolute atomic E-state index is 13.8. The predicted molar refractivity (Wildman–Crippen MR) is 74.9 cm³/mol. The Kier molecular flexibility index (Phi) is 4.93. The van der Waals surface area contributed by atoms with Crippen LogP contribution in [0.25, 0.3) is 0 Å². The van der Waals surface area contributed by atoms with Crippen LogP contribution in [0, 0.1) is 11.6 Å². The lowest BCUT2D eigenvalue weighted by molar-refractivity contribution is 0.284. The summed E-state index contributed by atoms with van der Waals surface area (Å²) in [6.45, 7) is 0.495. The first-order valence-corrected chi connectivity index (χ1v) is 6.47. The first-order valence-electron chi connectivity index (χ1n) is 6.10. The number of rotatable bonds is 5. The summed E-state index contributed by atoms with van der Waals surface area (Å²) < 4.78 is 32.6. The summed E-state index contributed by atoms with van der Waals surface area (Å²) in [7, 11) is 1.78. The molecule has 0 heterocycles. The predicted octanol–water partition coefficient (Wildman–Crippen LogP) is 3.92. The minimum Gasteiger partial charge on any atom is -0.486 e. The average molecular weight is 298 g/mol. The van der Waals surface area contributed by atoms with E-state index in [1.54, 1.807) is 13.1 Å². The molecule has 2 aromatic carbocycles. The number of hydrogen-bond donors (Lipinski definition) is 1. The van der Waals surface area contributed by atoms with E-state index in [1.165, 1.54) is 30.3 Å². The Balaban J connectivity index is 2.09. The highest BCUT2D eigenvalue weighted by Gasteiger charge is 2.08. The van der Waals surface area contributed by atoms with Gasteiger partial charge < -0.3 is 10.1 Å². The van der Waals surface area contributed by atoms with E-state index in [-0.39, 0.29) is 17.9 Å². The van der Waals surface area contributed by atoms with Gasteiger partial charge >= 0.3 is 0 Å². The zero-order valence-electron chi connectivity index (χ0n) is 10.9. The lowest BCUT2D eigenvalue weighted by Gasteiger charge is -2.09. The van der Waals surface area contributed by atoms with Crippen LogP contribution in [-0.4, -0.2) is 7.05 Å².